The predicted molar refractivity (Wildman–Crippen MR) is 54.9 cm³/mol. The van der Waals surface area contributed by atoms with Crippen molar-refractivity contribution in [3.63, 3.8) is 0 Å². The van der Waals surface area contributed by atoms with Crippen LogP contribution < -0.4 is 0 Å². The van der Waals surface area contributed by atoms with Gasteiger partial charge in [-0.1, -0.05) is 30.3 Å². The minimum atomic E-state index is 0.158. The van der Waals surface area contributed by atoms with Gasteiger partial charge in [0.15, 0.2) is 0 Å². The Hall–Kier alpha value is -1.83. The highest BCUT2D eigenvalue weighted by Crippen LogP contribution is 2.33. The standard InChI is InChI=1S/C12H9NO/c14-12-6-5-11-10-4-2-1-3-9(10)7-8-13(11)12/h1-5,7-8H,6H2. The summed E-state index contributed by atoms with van der Waals surface area (Å²) in [5.41, 5.74) is 3.37. The first-order chi connectivity index (χ1) is 6.86. The van der Waals surface area contributed by atoms with E-state index >= 15 is 0 Å². The Balaban J connectivity index is 2.22. The van der Waals surface area contributed by atoms with Gasteiger partial charge in [0.2, 0.25) is 5.91 Å². The summed E-state index contributed by atoms with van der Waals surface area (Å²) in [6.45, 7) is 0. The summed E-state index contributed by atoms with van der Waals surface area (Å²) in [7, 11) is 0. The lowest BCUT2D eigenvalue weighted by Gasteiger charge is -2.21. The third-order valence-corrected chi connectivity index (χ3v) is 2.64. The first kappa shape index (κ1) is 7.56. The fourth-order valence-electron chi connectivity index (χ4n) is 1.95. The summed E-state index contributed by atoms with van der Waals surface area (Å²) in [6.07, 6.45) is 6.35. The van der Waals surface area contributed by atoms with Crippen molar-refractivity contribution < 1.29 is 4.79 Å². The lowest BCUT2D eigenvalue weighted by molar-refractivity contribution is -0.124. The fraction of sp³-hybridized carbons (Fsp3) is 0.0833. The summed E-state index contributed by atoms with van der Waals surface area (Å²) in [4.78, 5) is 13.2. The molecule has 0 N–H and O–H groups in total. The van der Waals surface area contributed by atoms with Gasteiger partial charge >= 0.3 is 0 Å². The summed E-state index contributed by atoms with van der Waals surface area (Å²) in [5, 5.41) is 0. The van der Waals surface area contributed by atoms with Gasteiger partial charge in [-0.25, -0.2) is 0 Å². The molecule has 2 heteroatoms. The molecule has 0 aliphatic carbocycles. The zero-order valence-electron chi connectivity index (χ0n) is 7.60. The van der Waals surface area contributed by atoms with E-state index < -0.39 is 0 Å². The average Bonchev–Trinajstić information content (AvgIpc) is 2.61. The highest BCUT2D eigenvalue weighted by molar-refractivity contribution is 5.98. The van der Waals surface area contributed by atoms with Crippen LogP contribution in [0.1, 0.15) is 17.5 Å². The van der Waals surface area contributed by atoms with Crippen molar-refractivity contribution in [2.45, 2.75) is 6.42 Å². The van der Waals surface area contributed by atoms with E-state index in [0.717, 1.165) is 11.3 Å². The van der Waals surface area contributed by atoms with Crippen LogP contribution in [0.3, 0.4) is 0 Å². The summed E-state index contributed by atoms with van der Waals surface area (Å²) >= 11 is 0. The molecule has 0 unspecified atom stereocenters. The summed E-state index contributed by atoms with van der Waals surface area (Å²) in [5.74, 6) is 0.158. The van der Waals surface area contributed by atoms with E-state index in [-0.39, 0.29) is 5.91 Å². The third kappa shape index (κ3) is 0.880. The number of rotatable bonds is 0. The highest BCUT2D eigenvalue weighted by Gasteiger charge is 2.25. The monoisotopic (exact) mass is 183 g/mol. The maximum absolute atomic E-state index is 11.4. The average molecular weight is 183 g/mol. The van der Waals surface area contributed by atoms with Crippen molar-refractivity contribution >= 4 is 17.7 Å². The zero-order chi connectivity index (χ0) is 9.54. The van der Waals surface area contributed by atoms with Crippen LogP contribution in [0.5, 0.6) is 0 Å². The van der Waals surface area contributed by atoms with Gasteiger partial charge in [-0.2, -0.15) is 0 Å². The molecule has 2 nitrogen and oxygen atoms in total. The van der Waals surface area contributed by atoms with Crippen molar-refractivity contribution in [3.8, 4) is 0 Å². The van der Waals surface area contributed by atoms with E-state index in [1.807, 2.05) is 30.5 Å². The van der Waals surface area contributed by atoms with Gasteiger partial charge in [0.1, 0.15) is 0 Å². The molecule has 0 atom stereocenters. The molecule has 1 aromatic rings. The molecule has 0 fully saturated rings. The van der Waals surface area contributed by atoms with Crippen LogP contribution in [-0.2, 0) is 4.79 Å². The van der Waals surface area contributed by atoms with Crippen molar-refractivity contribution in [3.05, 3.63) is 47.7 Å². The van der Waals surface area contributed by atoms with E-state index in [0.29, 0.717) is 6.42 Å². The van der Waals surface area contributed by atoms with Crippen LogP contribution in [0.25, 0.3) is 11.8 Å². The number of benzene rings is 1. The molecule has 2 aliphatic heterocycles. The summed E-state index contributed by atoms with van der Waals surface area (Å²) < 4.78 is 0. The molecule has 1 aromatic carbocycles. The minimum absolute atomic E-state index is 0.158. The molecule has 14 heavy (non-hydrogen) atoms. The molecule has 0 saturated heterocycles. The second kappa shape index (κ2) is 2.58. The van der Waals surface area contributed by atoms with Crippen molar-refractivity contribution in [2.24, 2.45) is 0 Å². The molecule has 68 valence electrons. The van der Waals surface area contributed by atoms with E-state index in [1.54, 1.807) is 4.90 Å². The molecular formula is C12H9NO. The number of fused-ring (bicyclic) bond motifs is 3. The Morgan fingerprint density at radius 3 is 3.00 bits per heavy atom. The third-order valence-electron chi connectivity index (χ3n) is 2.64. The normalized spacial score (nSPS) is 17.9. The van der Waals surface area contributed by atoms with E-state index in [1.165, 1.54) is 5.56 Å². The number of carbonyl (C=O) groups excluding carboxylic acids is 1. The predicted octanol–water partition coefficient (Wildman–Crippen LogP) is 2.24. The maximum Gasteiger partial charge on any atom is 0.234 e. The number of amides is 1. The second-order valence-electron chi connectivity index (χ2n) is 3.46. The van der Waals surface area contributed by atoms with Crippen LogP contribution in [0, 0.1) is 0 Å². The maximum atomic E-state index is 11.4. The Labute approximate surface area is 82.2 Å². The van der Waals surface area contributed by atoms with Crippen LogP contribution in [0.4, 0.5) is 0 Å². The molecule has 0 radical (unpaired) electrons. The lowest BCUT2D eigenvalue weighted by atomic mass is 10.0. The quantitative estimate of drug-likeness (QED) is 0.604. The van der Waals surface area contributed by atoms with Gasteiger partial charge in [0.05, 0.1) is 5.70 Å². The van der Waals surface area contributed by atoms with E-state index in [4.69, 9.17) is 0 Å². The first-order valence-electron chi connectivity index (χ1n) is 4.66. The van der Waals surface area contributed by atoms with Gasteiger partial charge in [0, 0.05) is 18.2 Å². The topological polar surface area (TPSA) is 20.3 Å². The molecule has 0 spiro atoms. The van der Waals surface area contributed by atoms with Crippen LogP contribution >= 0.6 is 0 Å². The molecule has 1 amide bonds. The molecule has 3 rings (SSSR count). The van der Waals surface area contributed by atoms with Crippen molar-refractivity contribution in [1.29, 1.82) is 0 Å². The van der Waals surface area contributed by atoms with E-state index in [2.05, 4.69) is 12.1 Å². The number of nitrogens with zero attached hydrogens (tertiary/aromatic N) is 1. The molecule has 2 aliphatic rings. The first-order valence-corrected chi connectivity index (χ1v) is 4.66. The van der Waals surface area contributed by atoms with Gasteiger partial charge in [-0.15, -0.1) is 0 Å². The molecule has 2 heterocycles. The van der Waals surface area contributed by atoms with Crippen LogP contribution in [0.15, 0.2) is 36.5 Å². The smallest absolute Gasteiger partial charge is 0.234 e. The Bertz CT molecular complexity index is 471. The number of hydrogen-bond donors (Lipinski definition) is 0. The molecule has 0 saturated carbocycles. The van der Waals surface area contributed by atoms with Gasteiger partial charge < -0.3 is 0 Å². The van der Waals surface area contributed by atoms with Crippen LogP contribution in [0.2, 0.25) is 0 Å². The lowest BCUT2D eigenvalue weighted by Crippen LogP contribution is -2.20. The molecule has 0 aromatic heterocycles. The van der Waals surface area contributed by atoms with Crippen molar-refractivity contribution in [2.75, 3.05) is 0 Å². The zero-order valence-corrected chi connectivity index (χ0v) is 7.60. The van der Waals surface area contributed by atoms with Crippen molar-refractivity contribution in [1.82, 2.24) is 4.90 Å². The van der Waals surface area contributed by atoms with Crippen LogP contribution in [-0.4, -0.2) is 10.8 Å². The highest BCUT2D eigenvalue weighted by atomic mass is 16.2. The number of hydrogen-bond acceptors (Lipinski definition) is 1. The van der Waals surface area contributed by atoms with Gasteiger partial charge in [-0.3, -0.25) is 9.69 Å². The van der Waals surface area contributed by atoms with Gasteiger partial charge in [-0.05, 0) is 11.6 Å². The second-order valence-corrected chi connectivity index (χ2v) is 3.46. The molecular weight excluding hydrogens is 174 g/mol. The largest absolute Gasteiger partial charge is 0.287 e. The summed E-state index contributed by atoms with van der Waals surface area (Å²) in [6, 6.07) is 8.12. The SMILES string of the molecule is O=C1CC=C2c3ccccc3C=CN12. The van der Waals surface area contributed by atoms with E-state index in [9.17, 15) is 4.79 Å². The molecule has 0 bridgehead atoms. The minimum Gasteiger partial charge on any atom is -0.287 e. The van der Waals surface area contributed by atoms with Gasteiger partial charge in [0.25, 0.3) is 0 Å². The number of carbonyl (C=O) groups is 1. The Morgan fingerprint density at radius 2 is 2.07 bits per heavy atom. The Morgan fingerprint density at radius 1 is 1.21 bits per heavy atom. The Kier molecular flexibility index (Phi) is 1.39. The fourth-order valence-corrected chi connectivity index (χ4v) is 1.95.